The molecule has 134 valence electrons. The first-order valence-corrected chi connectivity index (χ1v) is 9.22. The average Bonchev–Trinajstić information content (AvgIpc) is 2.55. The highest BCUT2D eigenvalue weighted by Crippen LogP contribution is 2.19. The molecule has 0 aliphatic rings. The molecule has 0 saturated carbocycles. The summed E-state index contributed by atoms with van der Waals surface area (Å²) in [5, 5.41) is 0.128. The summed E-state index contributed by atoms with van der Waals surface area (Å²) >= 11 is 5.83. The number of rotatable bonds is 6. The molecule has 0 unspecified atom stereocenters. The number of carbonyl (C=O) groups excluding carboxylic acids is 1. The minimum absolute atomic E-state index is 0.0366. The van der Waals surface area contributed by atoms with Crippen LogP contribution >= 0.6 is 11.6 Å². The van der Waals surface area contributed by atoms with E-state index in [1.807, 2.05) is 6.92 Å². The summed E-state index contributed by atoms with van der Waals surface area (Å²) in [4.78, 5) is 11.8. The first kappa shape index (κ1) is 19.4. The molecule has 2 aromatic carbocycles. The number of sulfonamides is 1. The van der Waals surface area contributed by atoms with Gasteiger partial charge in [0.15, 0.2) is 0 Å². The molecule has 0 heterocycles. The first-order chi connectivity index (χ1) is 11.7. The molecular formula is C17H17ClFNO4S. The van der Waals surface area contributed by atoms with Gasteiger partial charge in [-0.3, -0.25) is 4.79 Å². The van der Waals surface area contributed by atoms with E-state index in [1.165, 1.54) is 30.3 Å². The SMILES string of the molecule is Cc1ccc(S(=O)(=O)NCC(=O)OCc2c(F)cccc2Cl)cc1C. The minimum atomic E-state index is -3.84. The van der Waals surface area contributed by atoms with Crippen LogP contribution in [-0.4, -0.2) is 20.9 Å². The van der Waals surface area contributed by atoms with Crippen LogP contribution in [0, 0.1) is 19.7 Å². The summed E-state index contributed by atoms with van der Waals surface area (Å²) in [7, 11) is -3.84. The molecule has 8 heteroatoms. The van der Waals surface area contributed by atoms with Gasteiger partial charge >= 0.3 is 5.97 Å². The van der Waals surface area contributed by atoms with Crippen molar-refractivity contribution in [2.75, 3.05) is 6.54 Å². The lowest BCUT2D eigenvalue weighted by atomic mass is 10.1. The summed E-state index contributed by atoms with van der Waals surface area (Å²) in [6, 6.07) is 8.74. The van der Waals surface area contributed by atoms with E-state index in [1.54, 1.807) is 13.0 Å². The average molecular weight is 386 g/mol. The number of esters is 1. The summed E-state index contributed by atoms with van der Waals surface area (Å²) in [6.45, 7) is 2.71. The number of carbonyl (C=O) groups is 1. The van der Waals surface area contributed by atoms with E-state index in [4.69, 9.17) is 16.3 Å². The Morgan fingerprint density at radius 2 is 1.92 bits per heavy atom. The van der Waals surface area contributed by atoms with Crippen LogP contribution in [0.15, 0.2) is 41.3 Å². The van der Waals surface area contributed by atoms with E-state index in [9.17, 15) is 17.6 Å². The van der Waals surface area contributed by atoms with Crippen LogP contribution in [0.25, 0.3) is 0 Å². The lowest BCUT2D eigenvalue weighted by Crippen LogP contribution is -2.30. The highest BCUT2D eigenvalue weighted by Gasteiger charge is 2.17. The Balaban J connectivity index is 1.96. The molecule has 5 nitrogen and oxygen atoms in total. The molecule has 0 radical (unpaired) electrons. The molecular weight excluding hydrogens is 369 g/mol. The Kier molecular flexibility index (Phi) is 6.16. The number of ether oxygens (including phenoxy) is 1. The highest BCUT2D eigenvalue weighted by molar-refractivity contribution is 7.89. The molecule has 0 aliphatic carbocycles. The molecule has 2 aromatic rings. The lowest BCUT2D eigenvalue weighted by Gasteiger charge is -2.10. The molecule has 0 saturated heterocycles. The topological polar surface area (TPSA) is 72.5 Å². The zero-order valence-corrected chi connectivity index (χ0v) is 15.2. The van der Waals surface area contributed by atoms with Gasteiger partial charge in [0.1, 0.15) is 19.0 Å². The van der Waals surface area contributed by atoms with Crippen molar-refractivity contribution < 1.29 is 22.3 Å². The summed E-state index contributed by atoms with van der Waals surface area (Å²) in [5.74, 6) is -1.44. The van der Waals surface area contributed by atoms with Crippen LogP contribution in [0.5, 0.6) is 0 Å². The van der Waals surface area contributed by atoms with Crippen molar-refractivity contribution in [3.05, 3.63) is 63.9 Å². The third-order valence-electron chi connectivity index (χ3n) is 3.63. The van der Waals surface area contributed by atoms with Gasteiger partial charge in [-0.05, 0) is 49.2 Å². The first-order valence-electron chi connectivity index (χ1n) is 7.36. The van der Waals surface area contributed by atoms with Gasteiger partial charge in [-0.1, -0.05) is 23.7 Å². The van der Waals surface area contributed by atoms with Crippen LogP contribution in [0.4, 0.5) is 4.39 Å². The maximum Gasteiger partial charge on any atom is 0.321 e. The van der Waals surface area contributed by atoms with Gasteiger partial charge < -0.3 is 4.74 Å². The molecule has 0 aromatic heterocycles. The van der Waals surface area contributed by atoms with Crippen molar-refractivity contribution >= 4 is 27.6 Å². The van der Waals surface area contributed by atoms with Gasteiger partial charge in [-0.15, -0.1) is 0 Å². The second kappa shape index (κ2) is 7.95. The predicted molar refractivity (Wildman–Crippen MR) is 92.3 cm³/mol. The van der Waals surface area contributed by atoms with Gasteiger partial charge in [0.05, 0.1) is 9.92 Å². The number of aryl methyl sites for hydroxylation is 2. The molecule has 0 spiro atoms. The predicted octanol–water partition coefficient (Wildman–Crippen LogP) is 3.12. The Morgan fingerprint density at radius 3 is 2.56 bits per heavy atom. The van der Waals surface area contributed by atoms with Gasteiger partial charge in [0, 0.05) is 5.56 Å². The van der Waals surface area contributed by atoms with Crippen LogP contribution in [-0.2, 0) is 26.2 Å². The maximum atomic E-state index is 13.6. The van der Waals surface area contributed by atoms with E-state index >= 15 is 0 Å². The highest BCUT2D eigenvalue weighted by atomic mass is 35.5. The monoisotopic (exact) mass is 385 g/mol. The number of nitrogens with one attached hydrogen (secondary N) is 1. The van der Waals surface area contributed by atoms with Gasteiger partial charge in [0.25, 0.3) is 0 Å². The third-order valence-corrected chi connectivity index (χ3v) is 5.39. The second-order valence-electron chi connectivity index (χ2n) is 5.43. The zero-order valence-electron chi connectivity index (χ0n) is 13.7. The number of benzene rings is 2. The fourth-order valence-corrected chi connectivity index (χ4v) is 3.26. The van der Waals surface area contributed by atoms with Crippen LogP contribution < -0.4 is 4.72 Å². The van der Waals surface area contributed by atoms with E-state index in [0.717, 1.165) is 11.1 Å². The molecule has 0 bridgehead atoms. The number of halogens is 2. The molecule has 0 atom stereocenters. The minimum Gasteiger partial charge on any atom is -0.460 e. The summed E-state index contributed by atoms with van der Waals surface area (Å²) in [6.07, 6.45) is 0. The van der Waals surface area contributed by atoms with Crippen molar-refractivity contribution in [2.45, 2.75) is 25.3 Å². The van der Waals surface area contributed by atoms with Crippen molar-refractivity contribution in [2.24, 2.45) is 0 Å². The lowest BCUT2D eigenvalue weighted by molar-refractivity contribution is -0.143. The largest absolute Gasteiger partial charge is 0.460 e. The van der Waals surface area contributed by atoms with Crippen molar-refractivity contribution in [3.63, 3.8) is 0 Å². The van der Waals surface area contributed by atoms with E-state index in [-0.39, 0.29) is 22.1 Å². The van der Waals surface area contributed by atoms with Crippen molar-refractivity contribution in [1.82, 2.24) is 4.72 Å². The van der Waals surface area contributed by atoms with E-state index < -0.39 is 28.4 Å². The molecule has 0 fully saturated rings. The Morgan fingerprint density at radius 1 is 1.20 bits per heavy atom. The fraction of sp³-hybridized carbons (Fsp3) is 0.235. The standard InChI is InChI=1S/C17H17ClFNO4S/c1-11-6-7-13(8-12(11)2)25(22,23)20-9-17(21)24-10-14-15(18)4-3-5-16(14)19/h3-8,20H,9-10H2,1-2H3. The Hall–Kier alpha value is -1.96. The molecule has 2 rings (SSSR count). The number of hydrogen-bond donors (Lipinski definition) is 1. The smallest absolute Gasteiger partial charge is 0.321 e. The van der Waals surface area contributed by atoms with Crippen molar-refractivity contribution in [1.29, 1.82) is 0 Å². The Bertz CT molecular complexity index is 879. The normalized spacial score (nSPS) is 11.4. The molecule has 0 aliphatic heterocycles. The maximum absolute atomic E-state index is 13.6. The van der Waals surface area contributed by atoms with E-state index in [2.05, 4.69) is 4.72 Å². The van der Waals surface area contributed by atoms with Crippen LogP contribution in [0.3, 0.4) is 0 Å². The molecule has 0 amide bonds. The molecule has 25 heavy (non-hydrogen) atoms. The van der Waals surface area contributed by atoms with Crippen molar-refractivity contribution in [3.8, 4) is 0 Å². The summed E-state index contributed by atoms with van der Waals surface area (Å²) in [5.41, 5.74) is 1.81. The Labute approximate surface area is 150 Å². The third kappa shape index (κ3) is 5.01. The van der Waals surface area contributed by atoms with Gasteiger partial charge in [0.2, 0.25) is 10.0 Å². The van der Waals surface area contributed by atoms with Gasteiger partial charge in [-0.2, -0.15) is 4.72 Å². The number of hydrogen-bond acceptors (Lipinski definition) is 4. The van der Waals surface area contributed by atoms with Gasteiger partial charge in [-0.25, -0.2) is 12.8 Å². The quantitative estimate of drug-likeness (QED) is 0.775. The zero-order chi connectivity index (χ0) is 18.6. The van der Waals surface area contributed by atoms with Crippen LogP contribution in [0.1, 0.15) is 16.7 Å². The molecule has 1 N–H and O–H groups in total. The van der Waals surface area contributed by atoms with E-state index in [0.29, 0.717) is 0 Å². The second-order valence-corrected chi connectivity index (χ2v) is 7.61. The fourth-order valence-electron chi connectivity index (χ4n) is 1.99. The summed E-state index contributed by atoms with van der Waals surface area (Å²) < 4.78 is 45.0. The van der Waals surface area contributed by atoms with Crippen LogP contribution in [0.2, 0.25) is 5.02 Å².